The summed E-state index contributed by atoms with van der Waals surface area (Å²) in [4.78, 5) is 15.7. The molecule has 1 aliphatic heterocycles. The summed E-state index contributed by atoms with van der Waals surface area (Å²) < 4.78 is 62.3. The fraction of sp³-hybridized carbons (Fsp3) is 0.333. The van der Waals surface area contributed by atoms with Crippen molar-refractivity contribution in [3.8, 4) is 0 Å². The number of hydrogen-bond donors (Lipinski definition) is 4. The maximum Gasteiger partial charge on any atom is 0.332 e. The molecule has 10 nitrogen and oxygen atoms in total. The molecular formula is C15H18F2N4O6S. The zero-order valence-electron chi connectivity index (χ0n) is 14.7. The van der Waals surface area contributed by atoms with E-state index in [9.17, 15) is 27.1 Å². The highest BCUT2D eigenvalue weighted by atomic mass is 32.2. The van der Waals surface area contributed by atoms with Crippen molar-refractivity contribution in [1.29, 1.82) is 0 Å². The number of aliphatic imine (C=N–C) groups is 1. The van der Waals surface area contributed by atoms with Crippen molar-refractivity contribution in [3.63, 3.8) is 0 Å². The van der Waals surface area contributed by atoms with Crippen molar-refractivity contribution >= 4 is 22.0 Å². The van der Waals surface area contributed by atoms with Crippen LogP contribution in [0.5, 0.6) is 0 Å². The normalized spacial score (nSPS) is 20.4. The van der Waals surface area contributed by atoms with Gasteiger partial charge in [-0.3, -0.25) is 5.32 Å². The first-order valence-corrected chi connectivity index (χ1v) is 9.16. The molecule has 2 atom stereocenters. The Morgan fingerprint density at radius 3 is 2.43 bits per heavy atom. The number of hydrogen-bond acceptors (Lipinski definition) is 8. The number of amides is 2. The maximum absolute atomic E-state index is 13.2. The Kier molecular flexibility index (Phi) is 6.41. The molecule has 28 heavy (non-hydrogen) atoms. The Hall–Kier alpha value is -2.93. The molecule has 0 bridgehead atoms. The number of carbonyl (C=O) groups is 1. The Balaban J connectivity index is 2.33. The molecule has 2 amide bonds. The second-order valence-corrected chi connectivity index (χ2v) is 7.09. The molecule has 1 aromatic carbocycles. The summed E-state index contributed by atoms with van der Waals surface area (Å²) in [6, 6.07) is 5.46. The number of urea groups is 1. The molecule has 1 heterocycles. The highest BCUT2D eigenvalue weighted by Gasteiger charge is 2.48. The Labute approximate surface area is 159 Å². The standard InChI is InChI=1S/C15H18F2N4O6S/c1-26-10-8-11(27-2)19-15(18-10,12(22)13(16)17)20-14(23)21-28(24,25)9-6-4-3-5-7-9/h3-8,12-13,18,22H,1-2H3,(H2,20,21,23). The van der Waals surface area contributed by atoms with Gasteiger partial charge in [0, 0.05) is 0 Å². The average Bonchev–Trinajstić information content (AvgIpc) is 2.66. The number of carbonyl (C=O) groups excluding carboxylic acids is 1. The number of methoxy groups -OCH3 is 2. The van der Waals surface area contributed by atoms with Gasteiger partial charge in [-0.25, -0.2) is 26.7 Å². The highest BCUT2D eigenvalue weighted by molar-refractivity contribution is 7.90. The van der Waals surface area contributed by atoms with Gasteiger partial charge in [0.05, 0.1) is 25.2 Å². The predicted molar refractivity (Wildman–Crippen MR) is 92.7 cm³/mol. The molecule has 13 heteroatoms. The van der Waals surface area contributed by atoms with E-state index in [1.807, 2.05) is 5.32 Å². The van der Waals surface area contributed by atoms with Crippen molar-refractivity contribution < 1.29 is 36.6 Å². The lowest BCUT2D eigenvalue weighted by Crippen LogP contribution is -2.69. The number of nitrogens with zero attached hydrogens (tertiary/aromatic N) is 1. The summed E-state index contributed by atoms with van der Waals surface area (Å²) in [6.07, 6.45) is -4.77. The number of halogens is 2. The molecule has 2 rings (SSSR count). The van der Waals surface area contributed by atoms with E-state index in [1.54, 1.807) is 10.8 Å². The molecule has 0 aromatic heterocycles. The van der Waals surface area contributed by atoms with Crippen LogP contribution in [-0.2, 0) is 19.5 Å². The van der Waals surface area contributed by atoms with Gasteiger partial charge in [0.25, 0.3) is 16.4 Å². The molecule has 1 aromatic rings. The number of aliphatic hydroxyl groups is 1. The lowest BCUT2D eigenvalue weighted by Gasteiger charge is -2.38. The third-order valence-electron chi connectivity index (χ3n) is 3.54. The van der Waals surface area contributed by atoms with Crippen molar-refractivity contribution in [3.05, 3.63) is 42.3 Å². The third kappa shape index (κ3) is 4.67. The van der Waals surface area contributed by atoms with Crippen LogP contribution in [0.3, 0.4) is 0 Å². The number of sulfonamides is 1. The molecule has 0 aliphatic carbocycles. The number of aliphatic hydroxyl groups excluding tert-OH is 1. The summed E-state index contributed by atoms with van der Waals surface area (Å²) >= 11 is 0. The number of rotatable bonds is 6. The zero-order chi connectivity index (χ0) is 20.9. The summed E-state index contributed by atoms with van der Waals surface area (Å²) in [6.45, 7) is 0. The molecule has 0 radical (unpaired) electrons. The number of alkyl halides is 2. The van der Waals surface area contributed by atoms with Gasteiger partial charge in [0.1, 0.15) is 0 Å². The molecule has 0 saturated carbocycles. The van der Waals surface area contributed by atoms with Gasteiger partial charge in [0.15, 0.2) is 12.0 Å². The zero-order valence-corrected chi connectivity index (χ0v) is 15.5. The smallest absolute Gasteiger partial charge is 0.332 e. The van der Waals surface area contributed by atoms with Crippen molar-refractivity contribution in [2.45, 2.75) is 23.2 Å². The summed E-state index contributed by atoms with van der Waals surface area (Å²) in [5.41, 5.74) is 0. The Morgan fingerprint density at radius 2 is 1.89 bits per heavy atom. The van der Waals surface area contributed by atoms with Gasteiger partial charge < -0.3 is 19.9 Å². The van der Waals surface area contributed by atoms with Gasteiger partial charge in [-0.05, 0) is 12.1 Å². The van der Waals surface area contributed by atoms with Crippen molar-refractivity contribution in [2.24, 2.45) is 4.99 Å². The van der Waals surface area contributed by atoms with Crippen LogP contribution in [0.25, 0.3) is 0 Å². The van der Waals surface area contributed by atoms with E-state index in [2.05, 4.69) is 10.3 Å². The predicted octanol–water partition coefficient (Wildman–Crippen LogP) is 0.0902. The average molecular weight is 420 g/mol. The fourth-order valence-corrected chi connectivity index (χ4v) is 3.15. The van der Waals surface area contributed by atoms with Crippen molar-refractivity contribution in [2.75, 3.05) is 14.2 Å². The molecule has 1 aliphatic rings. The molecule has 4 N–H and O–H groups in total. The van der Waals surface area contributed by atoms with Gasteiger partial charge >= 0.3 is 6.03 Å². The minimum atomic E-state index is -4.31. The number of ether oxygens (including phenoxy) is 2. The van der Waals surface area contributed by atoms with Crippen LogP contribution in [0.4, 0.5) is 13.6 Å². The maximum atomic E-state index is 13.2. The summed E-state index contributed by atoms with van der Waals surface area (Å²) in [5, 5.41) is 14.1. The van der Waals surface area contributed by atoms with E-state index in [1.165, 1.54) is 44.6 Å². The van der Waals surface area contributed by atoms with Crippen LogP contribution in [0, 0.1) is 0 Å². The number of benzene rings is 1. The first-order valence-electron chi connectivity index (χ1n) is 7.67. The van der Waals surface area contributed by atoms with Crippen LogP contribution in [0.2, 0.25) is 0 Å². The molecule has 0 saturated heterocycles. The Morgan fingerprint density at radius 1 is 1.25 bits per heavy atom. The van der Waals surface area contributed by atoms with Gasteiger partial charge in [0.2, 0.25) is 11.7 Å². The quantitative estimate of drug-likeness (QED) is 0.512. The second-order valence-electron chi connectivity index (χ2n) is 5.41. The second kappa shape index (κ2) is 8.39. The van der Waals surface area contributed by atoms with Crippen molar-refractivity contribution in [1.82, 2.24) is 15.4 Å². The van der Waals surface area contributed by atoms with E-state index in [-0.39, 0.29) is 16.7 Å². The van der Waals surface area contributed by atoms with E-state index < -0.39 is 34.4 Å². The number of nitrogens with one attached hydrogen (secondary N) is 3. The first-order chi connectivity index (χ1) is 13.1. The minimum absolute atomic E-state index is 0.169. The molecule has 2 unspecified atom stereocenters. The van der Waals surface area contributed by atoms with Crippen LogP contribution >= 0.6 is 0 Å². The van der Waals surface area contributed by atoms with Crippen LogP contribution in [-0.4, -0.2) is 58.0 Å². The SMILES string of the molecule is COC1=CC(OC)=NC(NC(=O)NS(=O)(=O)c2ccccc2)(C(O)C(F)F)N1. The molecular weight excluding hydrogens is 402 g/mol. The van der Waals surface area contributed by atoms with E-state index in [0.717, 1.165) is 0 Å². The Bertz CT molecular complexity index is 878. The van der Waals surface area contributed by atoms with E-state index in [0.29, 0.717) is 0 Å². The topological polar surface area (TPSA) is 138 Å². The van der Waals surface area contributed by atoms with Crippen LogP contribution in [0.1, 0.15) is 0 Å². The molecule has 0 spiro atoms. The largest absolute Gasteiger partial charge is 0.482 e. The lowest BCUT2D eigenvalue weighted by atomic mass is 10.1. The fourth-order valence-electron chi connectivity index (χ4n) is 2.22. The highest BCUT2D eigenvalue weighted by Crippen LogP contribution is 2.22. The summed E-state index contributed by atoms with van der Waals surface area (Å²) in [5.74, 6) is -2.99. The summed E-state index contributed by atoms with van der Waals surface area (Å²) in [7, 11) is -1.94. The van der Waals surface area contributed by atoms with Gasteiger partial charge in [-0.2, -0.15) is 4.99 Å². The van der Waals surface area contributed by atoms with E-state index in [4.69, 9.17) is 9.47 Å². The van der Waals surface area contributed by atoms with Gasteiger partial charge in [-0.1, -0.05) is 18.2 Å². The van der Waals surface area contributed by atoms with Crippen LogP contribution in [0.15, 0.2) is 52.2 Å². The lowest BCUT2D eigenvalue weighted by molar-refractivity contribution is -0.0680. The third-order valence-corrected chi connectivity index (χ3v) is 4.88. The van der Waals surface area contributed by atoms with Crippen LogP contribution < -0.4 is 15.4 Å². The molecule has 0 fully saturated rings. The minimum Gasteiger partial charge on any atom is -0.482 e. The van der Waals surface area contributed by atoms with E-state index >= 15 is 0 Å². The monoisotopic (exact) mass is 420 g/mol. The first kappa shape index (κ1) is 21.4. The molecule has 154 valence electrons. The van der Waals surface area contributed by atoms with Gasteiger partial charge in [-0.15, -0.1) is 0 Å².